The van der Waals surface area contributed by atoms with Crippen molar-refractivity contribution in [2.45, 2.75) is 13.0 Å². The first kappa shape index (κ1) is 8.94. The van der Waals surface area contributed by atoms with Crippen LogP contribution in [0.4, 0.5) is 0 Å². The molecule has 0 saturated carbocycles. The highest BCUT2D eigenvalue weighted by Crippen LogP contribution is 1.82. The molecule has 1 unspecified atom stereocenters. The highest BCUT2D eigenvalue weighted by molar-refractivity contribution is 5.78. The van der Waals surface area contributed by atoms with E-state index >= 15 is 0 Å². The highest BCUT2D eigenvalue weighted by atomic mass is 16.5. The molecule has 0 aliphatic carbocycles. The minimum Gasteiger partial charge on any atom is -0.467 e. The number of methoxy groups -OCH3 is 1. The number of nitrogens with zero attached hydrogens (tertiary/aromatic N) is 1. The van der Waals surface area contributed by atoms with Crippen LogP contribution in [-0.2, 0) is 9.53 Å². The van der Waals surface area contributed by atoms with E-state index in [2.05, 4.69) is 15.0 Å². The number of nitrogens with one attached hydrogen (secondary N) is 1. The van der Waals surface area contributed by atoms with Gasteiger partial charge in [-0.3, -0.25) is 4.99 Å². The fraction of sp³-hybridized carbons (Fsp3) is 0.667. The standard InChI is InChI=1S/C6H12N2O2/c1-5(6(9)10-3)8-4-7-2/h4-5H,1-3H3,(H,7,8). The zero-order valence-corrected chi connectivity index (χ0v) is 6.42. The van der Waals surface area contributed by atoms with Crippen molar-refractivity contribution in [2.75, 3.05) is 14.2 Å². The summed E-state index contributed by atoms with van der Waals surface area (Å²) in [5.74, 6) is -0.292. The van der Waals surface area contributed by atoms with Gasteiger partial charge in [0.2, 0.25) is 0 Å². The number of ether oxygens (including phenoxy) is 1. The van der Waals surface area contributed by atoms with Gasteiger partial charge in [-0.05, 0) is 6.92 Å². The molecule has 0 rings (SSSR count). The molecule has 0 spiro atoms. The van der Waals surface area contributed by atoms with Crippen LogP contribution in [0.2, 0.25) is 0 Å². The van der Waals surface area contributed by atoms with Crippen LogP contribution >= 0.6 is 0 Å². The Hall–Kier alpha value is -1.06. The van der Waals surface area contributed by atoms with Crippen LogP contribution in [-0.4, -0.2) is 32.5 Å². The molecule has 58 valence electrons. The molecule has 10 heavy (non-hydrogen) atoms. The molecule has 0 heterocycles. The first-order valence-electron chi connectivity index (χ1n) is 2.97. The third kappa shape index (κ3) is 3.06. The van der Waals surface area contributed by atoms with Crippen molar-refractivity contribution in [1.82, 2.24) is 5.32 Å². The van der Waals surface area contributed by atoms with E-state index in [4.69, 9.17) is 0 Å². The molecule has 1 N–H and O–H groups in total. The molecule has 0 fully saturated rings. The van der Waals surface area contributed by atoms with Crippen LogP contribution in [0.5, 0.6) is 0 Å². The quantitative estimate of drug-likeness (QED) is 0.339. The van der Waals surface area contributed by atoms with Gasteiger partial charge in [0.1, 0.15) is 6.04 Å². The predicted molar refractivity (Wildman–Crippen MR) is 39.0 cm³/mol. The molecule has 4 nitrogen and oxygen atoms in total. The molecule has 1 atom stereocenters. The summed E-state index contributed by atoms with van der Waals surface area (Å²) in [5.41, 5.74) is 0. The number of hydrogen-bond donors (Lipinski definition) is 1. The molecule has 0 aliphatic rings. The topological polar surface area (TPSA) is 50.7 Å². The van der Waals surface area contributed by atoms with Crippen LogP contribution in [0.15, 0.2) is 4.99 Å². The van der Waals surface area contributed by atoms with Crippen LogP contribution in [0, 0.1) is 0 Å². The van der Waals surface area contributed by atoms with Crippen molar-refractivity contribution in [2.24, 2.45) is 4.99 Å². The first-order valence-corrected chi connectivity index (χ1v) is 2.97. The van der Waals surface area contributed by atoms with Crippen molar-refractivity contribution in [3.63, 3.8) is 0 Å². The Morgan fingerprint density at radius 3 is 2.80 bits per heavy atom. The van der Waals surface area contributed by atoms with Gasteiger partial charge >= 0.3 is 5.97 Å². The molecular formula is C6H12N2O2. The van der Waals surface area contributed by atoms with Crippen LogP contribution in [0.25, 0.3) is 0 Å². The smallest absolute Gasteiger partial charge is 0.328 e. The SMILES string of the molecule is C/N=C\NC(C)C(=O)OC. The lowest BCUT2D eigenvalue weighted by Crippen LogP contribution is -2.33. The number of rotatable bonds is 3. The van der Waals surface area contributed by atoms with Crippen molar-refractivity contribution in [1.29, 1.82) is 0 Å². The van der Waals surface area contributed by atoms with E-state index in [1.165, 1.54) is 13.4 Å². The average Bonchev–Trinajstić information content (AvgIpc) is 1.98. The van der Waals surface area contributed by atoms with Crippen LogP contribution < -0.4 is 5.32 Å². The molecule has 0 aromatic rings. The maximum absolute atomic E-state index is 10.7. The molecule has 0 aromatic heterocycles. The van der Waals surface area contributed by atoms with Crippen LogP contribution in [0.3, 0.4) is 0 Å². The van der Waals surface area contributed by atoms with E-state index in [0.29, 0.717) is 0 Å². The Morgan fingerprint density at radius 1 is 1.80 bits per heavy atom. The normalized spacial score (nSPS) is 13.1. The average molecular weight is 144 g/mol. The number of carbonyl (C=O) groups excluding carboxylic acids is 1. The Bertz CT molecular complexity index is 134. The predicted octanol–water partition coefficient (Wildman–Crippen LogP) is -0.204. The zero-order chi connectivity index (χ0) is 7.98. The zero-order valence-electron chi connectivity index (χ0n) is 6.42. The van der Waals surface area contributed by atoms with Gasteiger partial charge < -0.3 is 10.1 Å². The van der Waals surface area contributed by atoms with Gasteiger partial charge in [-0.25, -0.2) is 4.79 Å². The second kappa shape index (κ2) is 4.78. The summed E-state index contributed by atoms with van der Waals surface area (Å²) in [5, 5.41) is 2.72. The van der Waals surface area contributed by atoms with Gasteiger partial charge in [0.05, 0.1) is 13.4 Å². The van der Waals surface area contributed by atoms with E-state index < -0.39 is 0 Å². The van der Waals surface area contributed by atoms with Crippen LogP contribution in [0.1, 0.15) is 6.92 Å². The lowest BCUT2D eigenvalue weighted by molar-refractivity contribution is -0.142. The van der Waals surface area contributed by atoms with E-state index in [1.807, 2.05) is 0 Å². The highest BCUT2D eigenvalue weighted by Gasteiger charge is 2.09. The number of esters is 1. The fourth-order valence-corrected chi connectivity index (χ4v) is 0.431. The van der Waals surface area contributed by atoms with E-state index in [0.717, 1.165) is 0 Å². The molecule has 0 bridgehead atoms. The molecule has 4 heteroatoms. The molecule has 0 aromatic carbocycles. The molecule has 0 radical (unpaired) electrons. The summed E-state index contributed by atoms with van der Waals surface area (Å²) >= 11 is 0. The maximum Gasteiger partial charge on any atom is 0.328 e. The number of aliphatic imine (C=N–C) groups is 1. The number of carbonyl (C=O) groups is 1. The van der Waals surface area contributed by atoms with Gasteiger partial charge in [-0.1, -0.05) is 0 Å². The Balaban J connectivity index is 3.61. The lowest BCUT2D eigenvalue weighted by Gasteiger charge is -2.06. The molecule has 0 amide bonds. The van der Waals surface area contributed by atoms with Gasteiger partial charge in [0, 0.05) is 7.05 Å². The summed E-state index contributed by atoms with van der Waals surface area (Å²) in [6, 6.07) is -0.325. The number of hydrogen-bond acceptors (Lipinski definition) is 3. The Morgan fingerprint density at radius 2 is 2.40 bits per heavy atom. The van der Waals surface area contributed by atoms with Gasteiger partial charge in [-0.2, -0.15) is 0 Å². The monoisotopic (exact) mass is 144 g/mol. The van der Waals surface area contributed by atoms with E-state index in [1.54, 1.807) is 14.0 Å². The van der Waals surface area contributed by atoms with Crippen molar-refractivity contribution in [3.05, 3.63) is 0 Å². The Kier molecular flexibility index (Phi) is 4.28. The van der Waals surface area contributed by atoms with E-state index in [9.17, 15) is 4.79 Å². The summed E-state index contributed by atoms with van der Waals surface area (Å²) < 4.78 is 4.45. The van der Waals surface area contributed by atoms with Crippen molar-refractivity contribution >= 4 is 12.3 Å². The Labute approximate surface area is 60.3 Å². The van der Waals surface area contributed by atoms with Gasteiger partial charge in [0.15, 0.2) is 0 Å². The second-order valence-electron chi connectivity index (χ2n) is 1.80. The minimum absolute atomic E-state index is 0.292. The third-order valence-electron chi connectivity index (χ3n) is 1.01. The second-order valence-corrected chi connectivity index (χ2v) is 1.80. The summed E-state index contributed by atoms with van der Waals surface area (Å²) in [7, 11) is 2.97. The van der Waals surface area contributed by atoms with Crippen molar-refractivity contribution in [3.8, 4) is 0 Å². The van der Waals surface area contributed by atoms with E-state index in [-0.39, 0.29) is 12.0 Å². The van der Waals surface area contributed by atoms with Gasteiger partial charge in [0.25, 0.3) is 0 Å². The summed E-state index contributed by atoms with van der Waals surface area (Å²) in [4.78, 5) is 14.3. The molecule has 0 aliphatic heterocycles. The largest absolute Gasteiger partial charge is 0.467 e. The molecule has 0 saturated heterocycles. The van der Waals surface area contributed by atoms with Gasteiger partial charge in [-0.15, -0.1) is 0 Å². The minimum atomic E-state index is -0.325. The summed E-state index contributed by atoms with van der Waals surface area (Å²) in [6.45, 7) is 1.70. The first-order chi connectivity index (χ1) is 4.72. The lowest BCUT2D eigenvalue weighted by atomic mass is 10.3. The maximum atomic E-state index is 10.7. The van der Waals surface area contributed by atoms with Crippen molar-refractivity contribution < 1.29 is 9.53 Å². The fourth-order valence-electron chi connectivity index (χ4n) is 0.431. The third-order valence-corrected chi connectivity index (χ3v) is 1.01. The molecular weight excluding hydrogens is 132 g/mol. The summed E-state index contributed by atoms with van der Waals surface area (Å²) in [6.07, 6.45) is 1.46.